The number of hydrogen-bond donors (Lipinski definition) is 0. The Morgan fingerprint density at radius 1 is 1.13 bits per heavy atom. The Kier molecular flexibility index (Phi) is 5.81. The lowest BCUT2D eigenvalue weighted by Crippen LogP contribution is -2.29. The van der Waals surface area contributed by atoms with E-state index in [2.05, 4.69) is 15.0 Å². The summed E-state index contributed by atoms with van der Waals surface area (Å²) < 4.78 is 0. The number of nitro benzene ring substituents is 1. The zero-order valence-electron chi connectivity index (χ0n) is 17.0. The Morgan fingerprint density at radius 3 is 2.52 bits per heavy atom. The fraction of sp³-hybridized carbons (Fsp3) is 0.174. The standard InChI is InChI=1S/C23H21N5O3/c1-17(19-9-11-21(12-10-19)28(30)31)25-27-22(29)16-26(15-18-6-3-2-4-7-18)23(27)20-8-5-13-24-14-20/h2-14,23H,15-16H2,1H3/b25-17-/t23-/m1/s1. The molecule has 1 aromatic heterocycles. The minimum absolute atomic E-state index is 0.0103. The Hall–Kier alpha value is -3.91. The molecular formula is C23H21N5O3. The van der Waals surface area contributed by atoms with Gasteiger partial charge < -0.3 is 0 Å². The van der Waals surface area contributed by atoms with Crippen LogP contribution in [0.4, 0.5) is 5.69 Å². The Balaban J connectivity index is 1.66. The number of hydrazone groups is 1. The summed E-state index contributed by atoms with van der Waals surface area (Å²) in [4.78, 5) is 29.7. The Bertz CT molecular complexity index is 1100. The summed E-state index contributed by atoms with van der Waals surface area (Å²) in [6.07, 6.45) is 3.04. The van der Waals surface area contributed by atoms with Crippen LogP contribution in [-0.2, 0) is 11.3 Å². The average Bonchev–Trinajstić information content (AvgIpc) is 3.09. The number of amides is 1. The predicted octanol–water partition coefficient (Wildman–Crippen LogP) is 3.76. The van der Waals surface area contributed by atoms with Gasteiger partial charge in [-0.3, -0.25) is 24.8 Å². The van der Waals surface area contributed by atoms with Gasteiger partial charge in [-0.05, 0) is 36.2 Å². The van der Waals surface area contributed by atoms with Crippen molar-refractivity contribution < 1.29 is 9.72 Å². The molecule has 8 heteroatoms. The molecule has 0 spiro atoms. The summed E-state index contributed by atoms with van der Waals surface area (Å²) in [6, 6.07) is 19.9. The highest BCUT2D eigenvalue weighted by Gasteiger charge is 2.39. The summed E-state index contributed by atoms with van der Waals surface area (Å²) in [5, 5.41) is 17.0. The second kappa shape index (κ2) is 8.85. The van der Waals surface area contributed by atoms with Crippen molar-refractivity contribution in [3.63, 3.8) is 0 Å². The summed E-state index contributed by atoms with van der Waals surface area (Å²) in [6.45, 7) is 2.61. The number of benzene rings is 2. The molecule has 3 aromatic rings. The van der Waals surface area contributed by atoms with Gasteiger partial charge in [0.15, 0.2) is 0 Å². The molecule has 2 aromatic carbocycles. The molecule has 2 heterocycles. The minimum Gasteiger partial charge on any atom is -0.271 e. The van der Waals surface area contributed by atoms with Gasteiger partial charge in [0.05, 0.1) is 17.2 Å². The summed E-state index contributed by atoms with van der Waals surface area (Å²) >= 11 is 0. The third kappa shape index (κ3) is 4.49. The molecule has 8 nitrogen and oxygen atoms in total. The fourth-order valence-electron chi connectivity index (χ4n) is 3.62. The first-order valence-electron chi connectivity index (χ1n) is 9.83. The zero-order chi connectivity index (χ0) is 21.8. The van der Waals surface area contributed by atoms with E-state index in [4.69, 9.17) is 0 Å². The number of rotatable bonds is 6. The van der Waals surface area contributed by atoms with E-state index in [1.54, 1.807) is 31.5 Å². The van der Waals surface area contributed by atoms with E-state index < -0.39 is 11.1 Å². The number of carbonyl (C=O) groups is 1. The molecule has 1 aliphatic rings. The van der Waals surface area contributed by atoms with Gasteiger partial charge in [0.25, 0.3) is 11.6 Å². The first-order chi connectivity index (χ1) is 15.0. The lowest BCUT2D eigenvalue weighted by Gasteiger charge is -2.27. The van der Waals surface area contributed by atoms with Gasteiger partial charge in [-0.15, -0.1) is 0 Å². The maximum absolute atomic E-state index is 12.9. The molecule has 0 radical (unpaired) electrons. The van der Waals surface area contributed by atoms with Crippen LogP contribution in [0.1, 0.15) is 29.8 Å². The lowest BCUT2D eigenvalue weighted by molar-refractivity contribution is -0.384. The summed E-state index contributed by atoms with van der Waals surface area (Å²) in [5.41, 5.74) is 3.28. The van der Waals surface area contributed by atoms with Crippen LogP contribution >= 0.6 is 0 Å². The molecule has 1 atom stereocenters. The third-order valence-electron chi connectivity index (χ3n) is 5.14. The van der Waals surface area contributed by atoms with Gasteiger partial charge in [0.2, 0.25) is 0 Å². The van der Waals surface area contributed by atoms with Crippen molar-refractivity contribution in [2.75, 3.05) is 6.54 Å². The molecular weight excluding hydrogens is 394 g/mol. The number of pyridine rings is 1. The molecule has 0 aliphatic carbocycles. The van der Waals surface area contributed by atoms with Gasteiger partial charge in [0.1, 0.15) is 6.17 Å². The van der Waals surface area contributed by atoms with Crippen molar-refractivity contribution in [2.45, 2.75) is 19.6 Å². The highest BCUT2D eigenvalue weighted by atomic mass is 16.6. The van der Waals surface area contributed by atoms with E-state index in [1.807, 2.05) is 42.5 Å². The number of carbonyl (C=O) groups excluding carboxylic acids is 1. The van der Waals surface area contributed by atoms with Gasteiger partial charge in [-0.2, -0.15) is 5.10 Å². The minimum atomic E-state index is -0.444. The lowest BCUT2D eigenvalue weighted by atomic mass is 10.1. The second-order valence-electron chi connectivity index (χ2n) is 7.28. The van der Waals surface area contributed by atoms with E-state index in [1.165, 1.54) is 17.1 Å². The van der Waals surface area contributed by atoms with E-state index in [0.717, 1.165) is 11.1 Å². The summed E-state index contributed by atoms with van der Waals surface area (Å²) in [5.74, 6) is -0.119. The third-order valence-corrected chi connectivity index (χ3v) is 5.14. The molecule has 0 unspecified atom stereocenters. The molecule has 1 amide bonds. The van der Waals surface area contributed by atoms with Gasteiger partial charge in [-0.25, -0.2) is 5.01 Å². The SMILES string of the molecule is C/C(=N/N1C(=O)CN(Cc2ccccc2)[C@H]1c1cccnc1)c1ccc([N+](=O)[O-])cc1. The van der Waals surface area contributed by atoms with Gasteiger partial charge in [0, 0.05) is 36.6 Å². The number of non-ortho nitro benzene ring substituents is 1. The van der Waals surface area contributed by atoms with Crippen molar-refractivity contribution in [3.8, 4) is 0 Å². The molecule has 4 rings (SSSR count). The fourth-order valence-corrected chi connectivity index (χ4v) is 3.62. The van der Waals surface area contributed by atoms with Crippen molar-refractivity contribution in [1.82, 2.24) is 14.9 Å². The van der Waals surface area contributed by atoms with Gasteiger partial charge >= 0.3 is 0 Å². The molecule has 1 fully saturated rings. The van der Waals surface area contributed by atoms with Crippen molar-refractivity contribution in [3.05, 3.63) is 106 Å². The van der Waals surface area contributed by atoms with E-state index in [9.17, 15) is 14.9 Å². The summed E-state index contributed by atoms with van der Waals surface area (Å²) in [7, 11) is 0. The van der Waals surface area contributed by atoms with Crippen molar-refractivity contribution in [1.29, 1.82) is 0 Å². The molecule has 0 N–H and O–H groups in total. The van der Waals surface area contributed by atoms with Crippen LogP contribution in [-0.4, -0.2) is 38.0 Å². The first-order valence-corrected chi connectivity index (χ1v) is 9.83. The smallest absolute Gasteiger partial charge is 0.269 e. The average molecular weight is 415 g/mol. The van der Waals surface area contributed by atoms with Gasteiger partial charge in [-0.1, -0.05) is 36.4 Å². The van der Waals surface area contributed by atoms with Crippen LogP contribution in [0.3, 0.4) is 0 Å². The number of nitro groups is 1. The molecule has 156 valence electrons. The molecule has 0 bridgehead atoms. The molecule has 31 heavy (non-hydrogen) atoms. The van der Waals surface area contributed by atoms with E-state index >= 15 is 0 Å². The first kappa shape index (κ1) is 20.4. The topological polar surface area (TPSA) is 91.9 Å². The maximum atomic E-state index is 12.9. The Labute approximate surface area is 179 Å². The normalized spacial score (nSPS) is 17.2. The van der Waals surface area contributed by atoms with Crippen LogP contribution < -0.4 is 0 Å². The monoisotopic (exact) mass is 415 g/mol. The Morgan fingerprint density at radius 2 is 1.87 bits per heavy atom. The predicted molar refractivity (Wildman–Crippen MR) is 116 cm³/mol. The van der Waals surface area contributed by atoms with Crippen LogP contribution in [0.25, 0.3) is 0 Å². The van der Waals surface area contributed by atoms with Crippen LogP contribution in [0.5, 0.6) is 0 Å². The largest absolute Gasteiger partial charge is 0.271 e. The highest BCUT2D eigenvalue weighted by molar-refractivity contribution is 5.99. The van der Waals surface area contributed by atoms with Crippen LogP contribution in [0.2, 0.25) is 0 Å². The number of aromatic nitrogens is 1. The highest BCUT2D eigenvalue weighted by Crippen LogP contribution is 2.32. The van der Waals surface area contributed by atoms with Crippen molar-refractivity contribution >= 4 is 17.3 Å². The number of hydrogen-bond acceptors (Lipinski definition) is 6. The zero-order valence-corrected chi connectivity index (χ0v) is 17.0. The molecule has 0 saturated carbocycles. The molecule has 1 aliphatic heterocycles. The quantitative estimate of drug-likeness (QED) is 0.347. The molecule has 1 saturated heterocycles. The maximum Gasteiger partial charge on any atom is 0.269 e. The van der Waals surface area contributed by atoms with Crippen LogP contribution in [0.15, 0.2) is 84.2 Å². The van der Waals surface area contributed by atoms with E-state index in [-0.39, 0.29) is 18.1 Å². The second-order valence-corrected chi connectivity index (χ2v) is 7.28. The van der Waals surface area contributed by atoms with E-state index in [0.29, 0.717) is 17.8 Å². The van der Waals surface area contributed by atoms with Crippen LogP contribution in [0, 0.1) is 10.1 Å². The van der Waals surface area contributed by atoms with Crippen molar-refractivity contribution in [2.24, 2.45) is 5.10 Å². The number of nitrogens with zero attached hydrogens (tertiary/aromatic N) is 5.